The third-order valence-electron chi connectivity index (χ3n) is 4.12. The predicted octanol–water partition coefficient (Wildman–Crippen LogP) is 3.66. The number of carbonyl (C=O) groups excluding carboxylic acids is 1. The summed E-state index contributed by atoms with van der Waals surface area (Å²) in [6, 6.07) is 9.80. The predicted molar refractivity (Wildman–Crippen MR) is 91.4 cm³/mol. The fraction of sp³-hybridized carbons (Fsp3) is 0.474. The summed E-state index contributed by atoms with van der Waals surface area (Å²) in [6.07, 6.45) is 2.25. The number of rotatable bonds is 6. The molecule has 1 heterocycles. The topological polar surface area (TPSA) is 64.4 Å². The Morgan fingerprint density at radius 2 is 2.00 bits per heavy atom. The summed E-state index contributed by atoms with van der Waals surface area (Å²) in [5.41, 5.74) is 1.73. The summed E-state index contributed by atoms with van der Waals surface area (Å²) in [6.45, 7) is 7.37. The SMILES string of the molecule is CC(C)(C)c1ccc(OCCNC(=O)c2cc(C3CC3)on2)cc1. The fourth-order valence-corrected chi connectivity index (χ4v) is 2.43. The summed E-state index contributed by atoms with van der Waals surface area (Å²) in [7, 11) is 0. The Balaban J connectivity index is 1.42. The molecule has 2 aromatic rings. The third-order valence-corrected chi connectivity index (χ3v) is 4.12. The van der Waals surface area contributed by atoms with E-state index in [1.807, 2.05) is 12.1 Å². The molecule has 5 nitrogen and oxygen atoms in total. The van der Waals surface area contributed by atoms with E-state index in [-0.39, 0.29) is 11.3 Å². The fourth-order valence-electron chi connectivity index (χ4n) is 2.43. The number of amides is 1. The van der Waals surface area contributed by atoms with Gasteiger partial charge in [0.25, 0.3) is 5.91 Å². The van der Waals surface area contributed by atoms with Crippen LogP contribution in [0.1, 0.15) is 61.3 Å². The van der Waals surface area contributed by atoms with E-state index >= 15 is 0 Å². The molecule has 0 aliphatic heterocycles. The zero-order valence-electron chi connectivity index (χ0n) is 14.5. The highest BCUT2D eigenvalue weighted by molar-refractivity contribution is 5.92. The number of aromatic nitrogens is 1. The van der Waals surface area contributed by atoms with Gasteiger partial charge in [0.1, 0.15) is 18.1 Å². The van der Waals surface area contributed by atoms with Crippen molar-refractivity contribution in [2.75, 3.05) is 13.2 Å². The highest BCUT2D eigenvalue weighted by atomic mass is 16.5. The van der Waals surface area contributed by atoms with Crippen LogP contribution in [0.3, 0.4) is 0 Å². The Morgan fingerprint density at radius 1 is 1.29 bits per heavy atom. The quantitative estimate of drug-likeness (QED) is 0.822. The Kier molecular flexibility index (Phi) is 4.60. The van der Waals surface area contributed by atoms with Crippen LogP contribution in [0.15, 0.2) is 34.9 Å². The number of carbonyl (C=O) groups is 1. The first-order valence-corrected chi connectivity index (χ1v) is 8.41. The van der Waals surface area contributed by atoms with Crippen molar-refractivity contribution in [3.63, 3.8) is 0 Å². The molecule has 5 heteroatoms. The van der Waals surface area contributed by atoms with Crippen LogP contribution in [0.5, 0.6) is 5.75 Å². The normalized spacial score (nSPS) is 14.5. The van der Waals surface area contributed by atoms with Crippen molar-refractivity contribution in [3.05, 3.63) is 47.3 Å². The smallest absolute Gasteiger partial charge is 0.273 e. The van der Waals surface area contributed by atoms with Gasteiger partial charge in [0.05, 0.1) is 6.54 Å². The van der Waals surface area contributed by atoms with Gasteiger partial charge in [0.15, 0.2) is 5.69 Å². The highest BCUT2D eigenvalue weighted by Crippen LogP contribution is 2.40. The molecular formula is C19H24N2O3. The van der Waals surface area contributed by atoms with Crippen molar-refractivity contribution in [3.8, 4) is 5.75 Å². The van der Waals surface area contributed by atoms with Crippen molar-refractivity contribution >= 4 is 5.91 Å². The number of hydrogen-bond donors (Lipinski definition) is 1. The number of ether oxygens (including phenoxy) is 1. The second-order valence-electron chi connectivity index (χ2n) is 7.27. The Labute approximate surface area is 142 Å². The zero-order chi connectivity index (χ0) is 17.2. The van der Waals surface area contributed by atoms with Crippen LogP contribution in [0, 0.1) is 0 Å². The summed E-state index contributed by atoms with van der Waals surface area (Å²) in [5, 5.41) is 6.61. The first-order chi connectivity index (χ1) is 11.4. The molecule has 0 radical (unpaired) electrons. The second kappa shape index (κ2) is 6.67. The van der Waals surface area contributed by atoms with Crippen LogP contribution >= 0.6 is 0 Å². The van der Waals surface area contributed by atoms with Crippen LogP contribution in [0.25, 0.3) is 0 Å². The van der Waals surface area contributed by atoms with Crippen LogP contribution in [0.4, 0.5) is 0 Å². The molecule has 0 unspecified atom stereocenters. The molecule has 1 aromatic heterocycles. The minimum Gasteiger partial charge on any atom is -0.492 e. The lowest BCUT2D eigenvalue weighted by atomic mass is 9.87. The Morgan fingerprint density at radius 3 is 2.62 bits per heavy atom. The van der Waals surface area contributed by atoms with E-state index in [1.165, 1.54) is 5.56 Å². The van der Waals surface area contributed by atoms with E-state index in [0.29, 0.717) is 24.8 Å². The maximum absolute atomic E-state index is 12.0. The van der Waals surface area contributed by atoms with Gasteiger partial charge in [0.2, 0.25) is 0 Å². The van der Waals surface area contributed by atoms with Gasteiger partial charge in [-0.1, -0.05) is 38.1 Å². The molecule has 0 bridgehead atoms. The average Bonchev–Trinajstić information content (AvgIpc) is 3.28. The number of nitrogens with one attached hydrogen (secondary N) is 1. The third kappa shape index (κ3) is 4.16. The Bertz CT molecular complexity index is 694. The zero-order valence-corrected chi connectivity index (χ0v) is 14.5. The summed E-state index contributed by atoms with van der Waals surface area (Å²) < 4.78 is 10.8. The van der Waals surface area contributed by atoms with Gasteiger partial charge in [-0.15, -0.1) is 0 Å². The lowest BCUT2D eigenvalue weighted by molar-refractivity contribution is 0.0938. The molecule has 1 N–H and O–H groups in total. The van der Waals surface area contributed by atoms with E-state index in [1.54, 1.807) is 6.07 Å². The van der Waals surface area contributed by atoms with Crippen LogP contribution in [-0.4, -0.2) is 24.2 Å². The lowest BCUT2D eigenvalue weighted by Crippen LogP contribution is -2.28. The molecule has 0 saturated heterocycles. The monoisotopic (exact) mass is 328 g/mol. The standard InChI is InChI=1S/C19H24N2O3/c1-19(2,3)14-6-8-15(9-7-14)23-11-10-20-18(22)16-12-17(24-21-16)13-4-5-13/h6-9,12-13H,4-5,10-11H2,1-3H3,(H,20,22). The molecule has 3 rings (SSSR count). The van der Waals surface area contributed by atoms with Crippen molar-refractivity contribution in [2.24, 2.45) is 0 Å². The summed E-state index contributed by atoms with van der Waals surface area (Å²) in [4.78, 5) is 12.0. The van der Waals surface area contributed by atoms with Gasteiger partial charge < -0.3 is 14.6 Å². The molecule has 1 fully saturated rings. The van der Waals surface area contributed by atoms with Crippen LogP contribution in [0.2, 0.25) is 0 Å². The molecule has 24 heavy (non-hydrogen) atoms. The van der Waals surface area contributed by atoms with E-state index in [9.17, 15) is 4.79 Å². The number of benzene rings is 1. The molecule has 128 valence electrons. The van der Waals surface area contributed by atoms with Gasteiger partial charge in [-0.2, -0.15) is 0 Å². The maximum atomic E-state index is 12.0. The van der Waals surface area contributed by atoms with Crippen LogP contribution in [-0.2, 0) is 5.41 Å². The van der Waals surface area contributed by atoms with Crippen LogP contribution < -0.4 is 10.1 Å². The molecular weight excluding hydrogens is 304 g/mol. The highest BCUT2D eigenvalue weighted by Gasteiger charge is 2.28. The molecule has 0 atom stereocenters. The van der Waals surface area contributed by atoms with E-state index in [4.69, 9.17) is 9.26 Å². The Hall–Kier alpha value is -2.30. The molecule has 1 aliphatic carbocycles. The van der Waals surface area contributed by atoms with Gasteiger partial charge in [0, 0.05) is 12.0 Å². The van der Waals surface area contributed by atoms with Crippen molar-refractivity contribution < 1.29 is 14.1 Å². The molecule has 0 spiro atoms. The number of nitrogens with zero attached hydrogens (tertiary/aromatic N) is 1. The van der Waals surface area contributed by atoms with Gasteiger partial charge in [-0.25, -0.2) is 0 Å². The minimum atomic E-state index is -0.225. The first kappa shape index (κ1) is 16.6. The number of hydrogen-bond acceptors (Lipinski definition) is 4. The second-order valence-corrected chi connectivity index (χ2v) is 7.27. The molecule has 1 saturated carbocycles. The van der Waals surface area contributed by atoms with E-state index < -0.39 is 0 Å². The molecule has 1 amide bonds. The van der Waals surface area contributed by atoms with E-state index in [0.717, 1.165) is 24.4 Å². The van der Waals surface area contributed by atoms with Gasteiger partial charge in [-0.3, -0.25) is 4.79 Å². The average molecular weight is 328 g/mol. The summed E-state index contributed by atoms with van der Waals surface area (Å²) >= 11 is 0. The van der Waals surface area contributed by atoms with Crippen molar-refractivity contribution in [1.29, 1.82) is 0 Å². The molecule has 1 aromatic carbocycles. The minimum absolute atomic E-state index is 0.128. The van der Waals surface area contributed by atoms with Crippen molar-refractivity contribution in [1.82, 2.24) is 10.5 Å². The van der Waals surface area contributed by atoms with Gasteiger partial charge in [-0.05, 0) is 36.0 Å². The first-order valence-electron chi connectivity index (χ1n) is 8.41. The van der Waals surface area contributed by atoms with Crippen molar-refractivity contribution in [2.45, 2.75) is 44.9 Å². The van der Waals surface area contributed by atoms with Gasteiger partial charge >= 0.3 is 0 Å². The lowest BCUT2D eigenvalue weighted by Gasteiger charge is -2.19. The molecule has 1 aliphatic rings. The van der Waals surface area contributed by atoms with E-state index in [2.05, 4.69) is 43.4 Å². The maximum Gasteiger partial charge on any atom is 0.273 e. The largest absolute Gasteiger partial charge is 0.492 e. The summed E-state index contributed by atoms with van der Waals surface area (Å²) in [5.74, 6) is 1.85.